The largest absolute Gasteiger partial charge is 0.342 e. The molecule has 4 aromatic rings. The number of anilines is 1. The Morgan fingerprint density at radius 3 is 2.43 bits per heavy atom. The SMILES string of the molecule is CC(=O)Nc1ccc(N=Cc2cn(Cc3ccccc3)c3ccccc23)cc1. The third-order valence-corrected chi connectivity index (χ3v) is 4.56. The van der Waals surface area contributed by atoms with Crippen LogP contribution in [0, 0.1) is 0 Å². The standard InChI is InChI=1S/C24H21N3O/c1-18(28)26-22-13-11-21(12-14-22)25-15-20-17-27(16-19-7-3-2-4-8-19)24-10-6-5-9-23(20)24/h2-15,17H,16H2,1H3,(H,26,28). The van der Waals surface area contributed by atoms with Crippen molar-refractivity contribution in [3.63, 3.8) is 0 Å². The number of aliphatic imine (C=N–C) groups is 1. The second-order valence-corrected chi connectivity index (χ2v) is 6.70. The van der Waals surface area contributed by atoms with Gasteiger partial charge in [-0.3, -0.25) is 9.79 Å². The van der Waals surface area contributed by atoms with Crippen molar-refractivity contribution >= 4 is 34.4 Å². The zero-order valence-corrected chi connectivity index (χ0v) is 15.7. The number of nitrogens with zero attached hydrogens (tertiary/aromatic N) is 2. The Labute approximate surface area is 164 Å². The summed E-state index contributed by atoms with van der Waals surface area (Å²) in [6, 6.07) is 26.3. The number of amides is 1. The molecule has 3 aromatic carbocycles. The van der Waals surface area contributed by atoms with Gasteiger partial charge in [0, 0.05) is 48.0 Å². The van der Waals surface area contributed by atoms with E-state index in [1.807, 2.05) is 36.5 Å². The van der Waals surface area contributed by atoms with E-state index in [2.05, 4.69) is 69.6 Å². The number of fused-ring (bicyclic) bond motifs is 1. The minimum Gasteiger partial charge on any atom is -0.342 e. The van der Waals surface area contributed by atoms with Gasteiger partial charge >= 0.3 is 0 Å². The number of aromatic nitrogens is 1. The van der Waals surface area contributed by atoms with Crippen molar-refractivity contribution in [3.05, 3.63) is 96.2 Å². The summed E-state index contributed by atoms with van der Waals surface area (Å²) in [5.41, 5.74) is 5.14. The van der Waals surface area contributed by atoms with E-state index in [1.165, 1.54) is 23.4 Å². The number of nitrogens with one attached hydrogen (secondary N) is 1. The van der Waals surface area contributed by atoms with Crippen LogP contribution in [-0.2, 0) is 11.3 Å². The molecule has 138 valence electrons. The van der Waals surface area contributed by atoms with Crippen molar-refractivity contribution in [1.29, 1.82) is 0 Å². The fraction of sp³-hybridized carbons (Fsp3) is 0.0833. The van der Waals surface area contributed by atoms with Crippen molar-refractivity contribution < 1.29 is 4.79 Å². The fourth-order valence-corrected chi connectivity index (χ4v) is 3.27. The molecule has 0 aliphatic rings. The zero-order valence-electron chi connectivity index (χ0n) is 15.7. The number of carbonyl (C=O) groups excluding carboxylic acids is 1. The minimum atomic E-state index is -0.0810. The number of benzene rings is 3. The van der Waals surface area contributed by atoms with Gasteiger partial charge in [-0.25, -0.2) is 0 Å². The van der Waals surface area contributed by atoms with Crippen LogP contribution in [0.3, 0.4) is 0 Å². The Hall–Kier alpha value is -3.66. The first kappa shape index (κ1) is 17.7. The number of carbonyl (C=O) groups is 1. The van der Waals surface area contributed by atoms with E-state index >= 15 is 0 Å². The molecule has 1 aromatic heterocycles. The molecule has 0 fully saturated rings. The second-order valence-electron chi connectivity index (χ2n) is 6.70. The van der Waals surface area contributed by atoms with Gasteiger partial charge in [-0.1, -0.05) is 48.5 Å². The first-order valence-electron chi connectivity index (χ1n) is 9.22. The Morgan fingerprint density at radius 2 is 1.68 bits per heavy atom. The molecule has 1 amide bonds. The molecule has 0 saturated carbocycles. The Morgan fingerprint density at radius 1 is 0.964 bits per heavy atom. The lowest BCUT2D eigenvalue weighted by Crippen LogP contribution is -2.04. The van der Waals surface area contributed by atoms with E-state index in [0.29, 0.717) is 0 Å². The van der Waals surface area contributed by atoms with E-state index < -0.39 is 0 Å². The van der Waals surface area contributed by atoms with Crippen LogP contribution in [0.25, 0.3) is 10.9 Å². The molecule has 28 heavy (non-hydrogen) atoms. The quantitative estimate of drug-likeness (QED) is 0.472. The predicted molar refractivity (Wildman–Crippen MR) is 115 cm³/mol. The van der Waals surface area contributed by atoms with Crippen LogP contribution >= 0.6 is 0 Å². The molecule has 0 unspecified atom stereocenters. The maximum absolute atomic E-state index is 11.1. The predicted octanol–water partition coefficient (Wildman–Crippen LogP) is 5.40. The zero-order chi connectivity index (χ0) is 19.3. The van der Waals surface area contributed by atoms with Crippen LogP contribution in [0.2, 0.25) is 0 Å². The summed E-state index contributed by atoms with van der Waals surface area (Å²) >= 11 is 0. The van der Waals surface area contributed by atoms with Gasteiger partial charge in [0.2, 0.25) is 5.91 Å². The molecular weight excluding hydrogens is 346 g/mol. The molecule has 0 saturated heterocycles. The molecule has 4 nitrogen and oxygen atoms in total. The minimum absolute atomic E-state index is 0.0810. The van der Waals surface area contributed by atoms with E-state index in [4.69, 9.17) is 0 Å². The van der Waals surface area contributed by atoms with E-state index in [-0.39, 0.29) is 5.91 Å². The van der Waals surface area contributed by atoms with Gasteiger partial charge in [-0.2, -0.15) is 0 Å². The average Bonchev–Trinajstić information content (AvgIpc) is 3.06. The second kappa shape index (κ2) is 7.92. The topological polar surface area (TPSA) is 46.4 Å². The smallest absolute Gasteiger partial charge is 0.221 e. The molecule has 4 heteroatoms. The summed E-state index contributed by atoms with van der Waals surface area (Å²) in [5.74, 6) is -0.0810. The molecule has 0 atom stereocenters. The normalized spacial score (nSPS) is 11.2. The number of hydrogen-bond acceptors (Lipinski definition) is 2. The van der Waals surface area contributed by atoms with E-state index in [9.17, 15) is 4.79 Å². The third kappa shape index (κ3) is 4.01. The first-order valence-corrected chi connectivity index (χ1v) is 9.22. The average molecular weight is 367 g/mol. The van der Waals surface area contributed by atoms with Gasteiger partial charge in [0.05, 0.1) is 5.69 Å². The summed E-state index contributed by atoms with van der Waals surface area (Å²) in [5, 5.41) is 3.94. The van der Waals surface area contributed by atoms with Gasteiger partial charge in [0.25, 0.3) is 0 Å². The summed E-state index contributed by atoms with van der Waals surface area (Å²) in [6.07, 6.45) is 4.05. The highest BCUT2D eigenvalue weighted by molar-refractivity contribution is 6.00. The lowest BCUT2D eigenvalue weighted by atomic mass is 10.2. The molecule has 0 aliphatic heterocycles. The summed E-state index contributed by atoms with van der Waals surface area (Å²) in [6.45, 7) is 2.32. The number of rotatable bonds is 5. The van der Waals surface area contributed by atoms with Crippen molar-refractivity contribution in [2.24, 2.45) is 4.99 Å². The highest BCUT2D eigenvalue weighted by Gasteiger charge is 2.07. The van der Waals surface area contributed by atoms with Crippen molar-refractivity contribution in [1.82, 2.24) is 4.57 Å². The van der Waals surface area contributed by atoms with Crippen LogP contribution < -0.4 is 5.32 Å². The summed E-state index contributed by atoms with van der Waals surface area (Å²) in [7, 11) is 0. The highest BCUT2D eigenvalue weighted by Crippen LogP contribution is 2.23. The molecule has 0 bridgehead atoms. The lowest BCUT2D eigenvalue weighted by molar-refractivity contribution is -0.114. The maximum atomic E-state index is 11.1. The molecule has 1 heterocycles. The van der Waals surface area contributed by atoms with Crippen LogP contribution in [0.5, 0.6) is 0 Å². The van der Waals surface area contributed by atoms with E-state index in [1.54, 1.807) is 0 Å². The van der Waals surface area contributed by atoms with Crippen molar-refractivity contribution in [2.45, 2.75) is 13.5 Å². The van der Waals surface area contributed by atoms with Gasteiger partial charge < -0.3 is 9.88 Å². The van der Waals surface area contributed by atoms with Crippen LogP contribution in [0.4, 0.5) is 11.4 Å². The summed E-state index contributed by atoms with van der Waals surface area (Å²) < 4.78 is 2.26. The Bertz CT molecular complexity index is 1130. The van der Waals surface area contributed by atoms with Crippen molar-refractivity contribution in [2.75, 3.05) is 5.32 Å². The Kier molecular flexibility index (Phi) is 5.02. The third-order valence-electron chi connectivity index (χ3n) is 4.56. The maximum Gasteiger partial charge on any atom is 0.221 e. The monoisotopic (exact) mass is 367 g/mol. The van der Waals surface area contributed by atoms with Crippen LogP contribution in [0.1, 0.15) is 18.1 Å². The lowest BCUT2D eigenvalue weighted by Gasteiger charge is -2.05. The molecule has 1 N–H and O–H groups in total. The van der Waals surface area contributed by atoms with Gasteiger partial charge in [-0.15, -0.1) is 0 Å². The molecule has 0 spiro atoms. The molecule has 0 aliphatic carbocycles. The molecular formula is C24H21N3O. The molecule has 4 rings (SSSR count). The Balaban J connectivity index is 1.62. The van der Waals surface area contributed by atoms with Crippen LogP contribution in [-0.4, -0.2) is 16.7 Å². The highest BCUT2D eigenvalue weighted by atomic mass is 16.1. The number of hydrogen-bond donors (Lipinski definition) is 1. The van der Waals surface area contributed by atoms with Gasteiger partial charge in [0.15, 0.2) is 0 Å². The van der Waals surface area contributed by atoms with Crippen LogP contribution in [0.15, 0.2) is 90.1 Å². The van der Waals surface area contributed by atoms with Gasteiger partial charge in [-0.05, 0) is 35.9 Å². The molecule has 0 radical (unpaired) electrons. The van der Waals surface area contributed by atoms with E-state index in [0.717, 1.165) is 23.5 Å². The number of para-hydroxylation sites is 1. The van der Waals surface area contributed by atoms with Gasteiger partial charge in [0.1, 0.15) is 0 Å². The first-order chi connectivity index (χ1) is 13.7. The van der Waals surface area contributed by atoms with Crippen molar-refractivity contribution in [3.8, 4) is 0 Å². The summed E-state index contributed by atoms with van der Waals surface area (Å²) in [4.78, 5) is 15.7. The fourth-order valence-electron chi connectivity index (χ4n) is 3.27.